The highest BCUT2D eigenvalue weighted by Crippen LogP contribution is 2.20. The summed E-state index contributed by atoms with van der Waals surface area (Å²) in [6.45, 7) is 2.80. The highest BCUT2D eigenvalue weighted by atomic mass is 35.5. The Morgan fingerprint density at radius 1 is 1.15 bits per heavy atom. The van der Waals surface area contributed by atoms with Gasteiger partial charge in [0.25, 0.3) is 5.91 Å². The molecule has 2 aromatic rings. The summed E-state index contributed by atoms with van der Waals surface area (Å²) < 4.78 is 5.32. The molecule has 2 amide bonds. The lowest BCUT2D eigenvalue weighted by atomic mass is 10.2. The second-order valence-corrected chi connectivity index (χ2v) is 6.70. The minimum absolute atomic E-state index is 0.204. The molecule has 0 spiro atoms. The zero-order valence-electron chi connectivity index (χ0n) is 14.4. The minimum atomic E-state index is -0.456. The maximum absolute atomic E-state index is 12.1. The zero-order valence-corrected chi connectivity index (χ0v) is 15.9. The third-order valence-corrected chi connectivity index (χ3v) is 4.52. The molecule has 0 atom stereocenters. The summed E-state index contributed by atoms with van der Waals surface area (Å²) in [5.74, 6) is -0.432. The molecule has 9 heteroatoms. The molecule has 0 saturated carbocycles. The Kier molecular flexibility index (Phi) is 6.49. The van der Waals surface area contributed by atoms with Crippen LogP contribution in [0.25, 0.3) is 0 Å². The number of hydrogen-bond acceptors (Lipinski definition) is 5. The van der Waals surface area contributed by atoms with E-state index in [4.69, 9.17) is 27.9 Å². The number of aromatic nitrogens is 1. The van der Waals surface area contributed by atoms with Gasteiger partial charge < -0.3 is 20.3 Å². The fourth-order valence-electron chi connectivity index (χ4n) is 2.59. The van der Waals surface area contributed by atoms with Crippen LogP contribution in [-0.2, 0) is 9.53 Å². The number of anilines is 2. The lowest BCUT2D eigenvalue weighted by Crippen LogP contribution is -2.36. The van der Waals surface area contributed by atoms with Crippen LogP contribution >= 0.6 is 23.2 Å². The number of ether oxygens (including phenoxy) is 1. The molecule has 1 saturated heterocycles. The van der Waals surface area contributed by atoms with Gasteiger partial charge in [0.1, 0.15) is 5.82 Å². The summed E-state index contributed by atoms with van der Waals surface area (Å²) in [7, 11) is 0. The number of carbonyl (C=O) groups is 2. The summed E-state index contributed by atoms with van der Waals surface area (Å²) in [4.78, 5) is 30.5. The number of benzene rings is 1. The van der Waals surface area contributed by atoms with Gasteiger partial charge in [0, 0.05) is 18.1 Å². The number of nitrogens with zero attached hydrogens (tertiary/aromatic N) is 2. The monoisotopic (exact) mass is 408 g/mol. The number of carbonyl (C=O) groups excluding carboxylic acids is 2. The maximum Gasteiger partial charge on any atom is 0.253 e. The maximum atomic E-state index is 12.1. The van der Waals surface area contributed by atoms with Gasteiger partial charge in [-0.2, -0.15) is 0 Å². The van der Waals surface area contributed by atoms with E-state index in [2.05, 4.69) is 20.5 Å². The van der Waals surface area contributed by atoms with Gasteiger partial charge in [-0.1, -0.05) is 23.2 Å². The van der Waals surface area contributed by atoms with Crippen molar-refractivity contribution in [2.24, 2.45) is 0 Å². The van der Waals surface area contributed by atoms with Crippen molar-refractivity contribution >= 4 is 46.5 Å². The molecule has 1 aliphatic heterocycles. The largest absolute Gasteiger partial charge is 0.378 e. The van der Waals surface area contributed by atoms with Gasteiger partial charge in [-0.25, -0.2) is 4.98 Å². The molecule has 0 bridgehead atoms. The minimum Gasteiger partial charge on any atom is -0.378 e. The molecule has 7 nitrogen and oxygen atoms in total. The summed E-state index contributed by atoms with van der Waals surface area (Å²) in [5, 5.41) is 5.81. The Balaban J connectivity index is 1.50. The normalized spacial score (nSPS) is 13.9. The second kappa shape index (κ2) is 9.03. The van der Waals surface area contributed by atoms with Gasteiger partial charge in [-0.15, -0.1) is 0 Å². The van der Waals surface area contributed by atoms with Crippen LogP contribution in [-0.4, -0.2) is 49.6 Å². The highest BCUT2D eigenvalue weighted by molar-refractivity contribution is 6.36. The van der Waals surface area contributed by atoms with Crippen LogP contribution in [0.15, 0.2) is 36.5 Å². The Morgan fingerprint density at radius 3 is 2.59 bits per heavy atom. The number of halogens is 2. The molecule has 0 aliphatic carbocycles. The van der Waals surface area contributed by atoms with Gasteiger partial charge in [0.05, 0.1) is 42.2 Å². The summed E-state index contributed by atoms with van der Waals surface area (Å²) >= 11 is 11.8. The fraction of sp³-hybridized carbons (Fsp3) is 0.278. The van der Waals surface area contributed by atoms with Gasteiger partial charge in [0.15, 0.2) is 0 Å². The number of hydrogen-bond donors (Lipinski definition) is 2. The number of amides is 2. The van der Waals surface area contributed by atoms with Crippen LogP contribution in [0.3, 0.4) is 0 Å². The van der Waals surface area contributed by atoms with Crippen molar-refractivity contribution in [3.05, 3.63) is 52.1 Å². The molecule has 1 aromatic carbocycles. The molecule has 1 aromatic heterocycles. The average molecular weight is 409 g/mol. The molecule has 3 rings (SSSR count). The van der Waals surface area contributed by atoms with E-state index in [0.717, 1.165) is 18.8 Å². The van der Waals surface area contributed by atoms with E-state index in [0.29, 0.717) is 24.1 Å². The lowest BCUT2D eigenvalue weighted by molar-refractivity contribution is -0.115. The lowest BCUT2D eigenvalue weighted by Gasteiger charge is -2.28. The quantitative estimate of drug-likeness (QED) is 0.793. The van der Waals surface area contributed by atoms with Crippen molar-refractivity contribution in [1.82, 2.24) is 10.3 Å². The third-order valence-electron chi connectivity index (χ3n) is 3.98. The molecule has 27 heavy (non-hydrogen) atoms. The van der Waals surface area contributed by atoms with Crippen molar-refractivity contribution in [3.8, 4) is 0 Å². The SMILES string of the molecule is O=C(CNC(=O)c1ccc(Cl)cc1Cl)Nc1ccc(N2CCOCC2)cn1. The smallest absolute Gasteiger partial charge is 0.253 e. The molecule has 2 heterocycles. The van der Waals surface area contributed by atoms with Crippen molar-refractivity contribution in [3.63, 3.8) is 0 Å². The van der Waals surface area contributed by atoms with E-state index in [1.165, 1.54) is 12.1 Å². The first-order valence-corrected chi connectivity index (χ1v) is 9.10. The summed E-state index contributed by atoms with van der Waals surface area (Å²) in [6, 6.07) is 8.14. The van der Waals surface area contributed by atoms with Crippen LogP contribution in [0.5, 0.6) is 0 Å². The molecule has 2 N–H and O–H groups in total. The topological polar surface area (TPSA) is 83.6 Å². The van der Waals surface area contributed by atoms with Crippen LogP contribution in [0, 0.1) is 0 Å². The Labute approximate surface area is 166 Å². The standard InChI is InChI=1S/C18H18Cl2N4O3/c19-12-1-3-14(15(20)9-12)18(26)22-11-17(25)23-16-4-2-13(10-21-16)24-5-7-27-8-6-24/h1-4,9-10H,5-8,11H2,(H,22,26)(H,21,23,25). The Bertz CT molecular complexity index is 824. The van der Waals surface area contributed by atoms with Gasteiger partial charge in [-0.05, 0) is 30.3 Å². The molecule has 142 valence electrons. The first-order chi connectivity index (χ1) is 13.0. The van der Waals surface area contributed by atoms with Crippen molar-refractivity contribution in [2.75, 3.05) is 43.1 Å². The molecular weight excluding hydrogens is 391 g/mol. The second-order valence-electron chi connectivity index (χ2n) is 5.86. The Hall–Kier alpha value is -2.35. The van der Waals surface area contributed by atoms with Crippen molar-refractivity contribution in [2.45, 2.75) is 0 Å². The predicted octanol–water partition coefficient (Wildman–Crippen LogP) is 2.59. The summed E-state index contributed by atoms with van der Waals surface area (Å²) in [5.41, 5.74) is 1.23. The number of nitrogens with one attached hydrogen (secondary N) is 2. The summed E-state index contributed by atoms with van der Waals surface area (Å²) in [6.07, 6.45) is 1.70. The first kappa shape index (κ1) is 19.4. The van der Waals surface area contributed by atoms with E-state index in [1.807, 2.05) is 6.07 Å². The van der Waals surface area contributed by atoms with Crippen LogP contribution in [0.4, 0.5) is 11.5 Å². The van der Waals surface area contributed by atoms with Gasteiger partial charge in [-0.3, -0.25) is 9.59 Å². The molecule has 1 aliphatic rings. The molecule has 0 unspecified atom stereocenters. The first-order valence-electron chi connectivity index (χ1n) is 8.35. The number of morpholine rings is 1. The predicted molar refractivity (Wildman–Crippen MR) is 105 cm³/mol. The van der Waals surface area contributed by atoms with Crippen molar-refractivity contribution in [1.29, 1.82) is 0 Å². The van der Waals surface area contributed by atoms with E-state index >= 15 is 0 Å². The van der Waals surface area contributed by atoms with Gasteiger partial charge in [0.2, 0.25) is 5.91 Å². The highest BCUT2D eigenvalue weighted by Gasteiger charge is 2.14. The number of pyridine rings is 1. The van der Waals surface area contributed by atoms with Gasteiger partial charge >= 0.3 is 0 Å². The molecule has 1 fully saturated rings. The molecule has 0 radical (unpaired) electrons. The van der Waals surface area contributed by atoms with E-state index in [9.17, 15) is 9.59 Å². The van der Waals surface area contributed by atoms with Crippen LogP contribution in [0.2, 0.25) is 10.0 Å². The Morgan fingerprint density at radius 2 is 1.93 bits per heavy atom. The van der Waals surface area contributed by atoms with E-state index in [-0.39, 0.29) is 23.0 Å². The average Bonchev–Trinajstić information content (AvgIpc) is 2.67. The van der Waals surface area contributed by atoms with Crippen LogP contribution < -0.4 is 15.5 Å². The van der Waals surface area contributed by atoms with Crippen LogP contribution in [0.1, 0.15) is 10.4 Å². The van der Waals surface area contributed by atoms with Crippen molar-refractivity contribution < 1.29 is 14.3 Å². The van der Waals surface area contributed by atoms with E-state index in [1.54, 1.807) is 18.3 Å². The molecular formula is C18H18Cl2N4O3. The van der Waals surface area contributed by atoms with E-state index < -0.39 is 5.91 Å². The zero-order chi connectivity index (χ0) is 19.2. The third kappa shape index (κ3) is 5.32. The fourth-order valence-corrected chi connectivity index (χ4v) is 3.08. The number of rotatable bonds is 5.